The predicted molar refractivity (Wildman–Crippen MR) is 422 cm³/mol. The quantitative estimate of drug-likeness (QED) is 0.0356. The lowest BCUT2D eigenvalue weighted by atomic mass is 9.81. The van der Waals surface area contributed by atoms with E-state index in [1.165, 1.54) is 235 Å². The molecule has 518 valence electrons. The summed E-state index contributed by atoms with van der Waals surface area (Å²) in [6.45, 7) is 12.1. The normalized spacial score (nSPS) is 11.3. The maximum Gasteiger partial charge on any atom is 0.119 e. The second-order valence-electron chi connectivity index (χ2n) is 27.5. The number of benzene rings is 9. The van der Waals surface area contributed by atoms with E-state index in [2.05, 4.69) is 234 Å². The summed E-state index contributed by atoms with van der Waals surface area (Å²) in [5.41, 5.74) is 18.7. The summed E-state index contributed by atoms with van der Waals surface area (Å²) in [6, 6.07) is 76.3. The first-order valence-electron chi connectivity index (χ1n) is 39.0. The highest BCUT2D eigenvalue weighted by atomic mass is 16.5. The smallest absolute Gasteiger partial charge is 0.119 e. The lowest BCUT2D eigenvalue weighted by Gasteiger charge is -2.23. The molecule has 0 saturated heterocycles. The number of ether oxygens (including phenoxy) is 4. The zero-order valence-electron chi connectivity index (χ0n) is 60.7. The summed E-state index contributed by atoms with van der Waals surface area (Å²) in [7, 11) is 0. The molecule has 0 aliphatic carbocycles. The van der Waals surface area contributed by atoms with Crippen molar-refractivity contribution in [3.8, 4) is 112 Å². The summed E-state index contributed by atoms with van der Waals surface area (Å²) in [5, 5.41) is 0. The molecule has 0 unspecified atom stereocenters. The van der Waals surface area contributed by atoms with Gasteiger partial charge in [-0.2, -0.15) is 0 Å². The van der Waals surface area contributed by atoms with Crippen LogP contribution in [0.4, 0.5) is 0 Å². The molecule has 0 bridgehead atoms. The molecule has 0 amide bonds. The number of hydrogen-bond donors (Lipinski definition) is 0. The van der Waals surface area contributed by atoms with Crippen LogP contribution in [-0.2, 0) is 0 Å². The average molecular weight is 1310 g/mol. The van der Waals surface area contributed by atoms with Crippen molar-refractivity contribution in [2.75, 3.05) is 26.4 Å². The van der Waals surface area contributed by atoms with Gasteiger partial charge >= 0.3 is 0 Å². The Bertz CT molecular complexity index is 3350. The summed E-state index contributed by atoms with van der Waals surface area (Å²) in [5.74, 6) is 3.67. The SMILES string of the molecule is CCCCCCCCCCOc1ccc(-c2ccc(-c3ccc(OCCCCCCCCCC)cc3)c(-c3ccc(-c4c(-c5ccc(OCCCCCCCCCC)cc5)ccc(-c5ccc(OCCCCCCCCCC)cc5)c4-c4ccccc4)cc3)c2-c2ccccc2)cc1. The van der Waals surface area contributed by atoms with Gasteiger partial charge in [-0.25, -0.2) is 0 Å². The Hall–Kier alpha value is -7.82. The van der Waals surface area contributed by atoms with Crippen molar-refractivity contribution in [1.29, 1.82) is 0 Å². The van der Waals surface area contributed by atoms with E-state index in [9.17, 15) is 0 Å². The second kappa shape index (κ2) is 43.6. The molecule has 0 aromatic heterocycles. The van der Waals surface area contributed by atoms with Crippen molar-refractivity contribution in [2.45, 2.75) is 233 Å². The van der Waals surface area contributed by atoms with Gasteiger partial charge < -0.3 is 18.9 Å². The van der Waals surface area contributed by atoms with Crippen LogP contribution in [0, 0.1) is 0 Å². The third-order valence-corrected chi connectivity index (χ3v) is 19.7. The van der Waals surface area contributed by atoms with E-state index in [1.54, 1.807) is 0 Å². The molecule has 4 nitrogen and oxygen atoms in total. The van der Waals surface area contributed by atoms with Gasteiger partial charge in [0.2, 0.25) is 0 Å². The predicted octanol–water partition coefficient (Wildman–Crippen LogP) is 29.1. The molecule has 0 atom stereocenters. The van der Waals surface area contributed by atoms with Gasteiger partial charge in [-0.05, 0) is 163 Å². The van der Waals surface area contributed by atoms with Crippen molar-refractivity contribution in [3.05, 3.63) is 206 Å². The molecule has 0 radical (unpaired) electrons. The van der Waals surface area contributed by atoms with Crippen molar-refractivity contribution in [2.24, 2.45) is 0 Å². The maximum absolute atomic E-state index is 6.43. The fraction of sp³-hybridized carbons (Fsp3) is 0.426. The Morgan fingerprint density at radius 2 is 0.337 bits per heavy atom. The fourth-order valence-corrected chi connectivity index (χ4v) is 14.0. The van der Waals surface area contributed by atoms with Crippen LogP contribution in [0.25, 0.3) is 89.0 Å². The molecule has 4 heteroatoms. The number of hydrogen-bond acceptors (Lipinski definition) is 4. The van der Waals surface area contributed by atoms with E-state index in [1.807, 2.05) is 0 Å². The third kappa shape index (κ3) is 23.7. The molecule has 0 aliphatic heterocycles. The van der Waals surface area contributed by atoms with E-state index in [4.69, 9.17) is 18.9 Å². The Labute approximate surface area is 593 Å². The van der Waals surface area contributed by atoms with Crippen LogP contribution in [0.2, 0.25) is 0 Å². The van der Waals surface area contributed by atoms with Crippen molar-refractivity contribution in [3.63, 3.8) is 0 Å². The zero-order valence-corrected chi connectivity index (χ0v) is 60.7. The summed E-state index contributed by atoms with van der Waals surface area (Å²) < 4.78 is 25.7. The van der Waals surface area contributed by atoms with E-state index in [-0.39, 0.29) is 0 Å². The monoisotopic (exact) mass is 1310 g/mol. The Morgan fingerprint density at radius 1 is 0.163 bits per heavy atom. The Kier molecular flexibility index (Phi) is 33.1. The molecule has 0 aliphatic rings. The van der Waals surface area contributed by atoms with Gasteiger partial charge in [0.1, 0.15) is 23.0 Å². The van der Waals surface area contributed by atoms with Crippen LogP contribution in [0.1, 0.15) is 233 Å². The van der Waals surface area contributed by atoms with E-state index < -0.39 is 0 Å². The van der Waals surface area contributed by atoms with Crippen molar-refractivity contribution in [1.82, 2.24) is 0 Å². The Morgan fingerprint density at radius 3 is 0.541 bits per heavy atom. The largest absolute Gasteiger partial charge is 0.494 e. The fourth-order valence-electron chi connectivity index (χ4n) is 14.0. The minimum absolute atomic E-state index is 0.734. The summed E-state index contributed by atoms with van der Waals surface area (Å²) >= 11 is 0. The maximum atomic E-state index is 6.43. The number of rotatable bonds is 48. The van der Waals surface area contributed by atoms with E-state index in [0.29, 0.717) is 0 Å². The topological polar surface area (TPSA) is 36.9 Å². The molecular weight excluding hydrogens is 1190 g/mol. The second-order valence-corrected chi connectivity index (χ2v) is 27.5. The van der Waals surface area contributed by atoms with Crippen molar-refractivity contribution < 1.29 is 18.9 Å². The standard InChI is InChI=1S/C94H118O4/c1-5-9-13-17-21-25-29-39-71-95-83-59-51-75(52-60-83)87-67-69-89(77-55-63-85(64-56-77)97-73-41-31-27-23-19-15-11-7-3)93(91(87)79-43-35-33-36-44-79)81-47-49-82(50-48-81)94-90(78-57-65-86(66-58-78)98-74-42-32-28-24-20-16-12-8-4)70-68-88(92(94)80-45-37-34-38-46-80)76-53-61-84(62-54-76)96-72-40-30-26-22-18-14-10-6-2/h33-38,43-70H,5-32,39-42,71-74H2,1-4H3. The van der Waals surface area contributed by atoms with Crippen LogP contribution < -0.4 is 18.9 Å². The number of unbranched alkanes of at least 4 members (excludes halogenated alkanes) is 28. The molecule has 98 heavy (non-hydrogen) atoms. The third-order valence-electron chi connectivity index (χ3n) is 19.7. The van der Waals surface area contributed by atoms with Crippen LogP contribution >= 0.6 is 0 Å². The molecule has 9 aromatic carbocycles. The van der Waals surface area contributed by atoms with Gasteiger partial charge in [-0.1, -0.05) is 365 Å². The minimum Gasteiger partial charge on any atom is -0.494 e. The average Bonchev–Trinajstić information content (AvgIpc) is 0.754. The van der Waals surface area contributed by atoms with Crippen LogP contribution in [-0.4, -0.2) is 26.4 Å². The van der Waals surface area contributed by atoms with Gasteiger partial charge in [-0.15, -0.1) is 0 Å². The molecular formula is C94H118O4. The minimum atomic E-state index is 0.734. The molecule has 0 saturated carbocycles. The van der Waals surface area contributed by atoms with Gasteiger partial charge in [0.15, 0.2) is 0 Å². The van der Waals surface area contributed by atoms with E-state index >= 15 is 0 Å². The molecule has 9 aromatic rings. The lowest BCUT2D eigenvalue weighted by Crippen LogP contribution is -1.99. The van der Waals surface area contributed by atoms with Gasteiger partial charge in [0.05, 0.1) is 26.4 Å². The first-order chi connectivity index (χ1) is 48.6. The molecule has 0 spiro atoms. The Balaban J connectivity index is 1.08. The van der Waals surface area contributed by atoms with Gasteiger partial charge in [-0.3, -0.25) is 0 Å². The van der Waals surface area contributed by atoms with E-state index in [0.717, 1.165) is 108 Å². The first kappa shape index (κ1) is 74.4. The van der Waals surface area contributed by atoms with Crippen LogP contribution in [0.15, 0.2) is 206 Å². The van der Waals surface area contributed by atoms with Gasteiger partial charge in [0, 0.05) is 0 Å². The molecule has 0 N–H and O–H groups in total. The van der Waals surface area contributed by atoms with Gasteiger partial charge in [0.25, 0.3) is 0 Å². The lowest BCUT2D eigenvalue weighted by molar-refractivity contribution is 0.304. The zero-order chi connectivity index (χ0) is 67.9. The highest BCUT2D eigenvalue weighted by Gasteiger charge is 2.23. The molecule has 0 fully saturated rings. The summed E-state index contributed by atoms with van der Waals surface area (Å²) in [4.78, 5) is 0. The van der Waals surface area contributed by atoms with Crippen molar-refractivity contribution >= 4 is 0 Å². The highest BCUT2D eigenvalue weighted by Crippen LogP contribution is 2.49. The molecule has 9 rings (SSSR count). The highest BCUT2D eigenvalue weighted by molar-refractivity contribution is 6.04. The summed E-state index contributed by atoms with van der Waals surface area (Å²) in [6.07, 6.45) is 40.9. The van der Waals surface area contributed by atoms with Crippen LogP contribution in [0.3, 0.4) is 0 Å². The van der Waals surface area contributed by atoms with Crippen LogP contribution in [0.5, 0.6) is 23.0 Å². The molecule has 0 heterocycles. The first-order valence-corrected chi connectivity index (χ1v) is 39.0.